The van der Waals surface area contributed by atoms with E-state index in [1.165, 1.54) is 31.2 Å². The molecule has 0 radical (unpaired) electrons. The molecule has 0 spiro atoms. The minimum Gasteiger partial charge on any atom is -0.479 e. The average Bonchev–Trinajstić information content (AvgIpc) is 3.24. The number of nitrogens with zero attached hydrogens (tertiary/aromatic N) is 4. The maximum atomic E-state index is 12.3. The fourth-order valence-corrected chi connectivity index (χ4v) is 2.42. The summed E-state index contributed by atoms with van der Waals surface area (Å²) in [6, 6.07) is 13.9. The first-order valence-electron chi connectivity index (χ1n) is 8.83. The molecule has 0 bridgehead atoms. The van der Waals surface area contributed by atoms with E-state index in [0.717, 1.165) is 0 Å². The fraction of sp³-hybridized carbons (Fsp3) is 0.200. The van der Waals surface area contributed by atoms with Gasteiger partial charge < -0.3 is 13.9 Å². The topological polar surface area (TPSA) is 141 Å². The van der Waals surface area contributed by atoms with E-state index in [-0.39, 0.29) is 17.5 Å². The van der Waals surface area contributed by atoms with Crippen LogP contribution in [0.2, 0.25) is 0 Å². The lowest BCUT2D eigenvalue weighted by atomic mass is 10.2. The number of nitriles is 1. The molecule has 10 nitrogen and oxygen atoms in total. The van der Waals surface area contributed by atoms with Crippen LogP contribution >= 0.6 is 0 Å². The van der Waals surface area contributed by atoms with Gasteiger partial charge in [-0.2, -0.15) is 5.26 Å². The van der Waals surface area contributed by atoms with Crippen molar-refractivity contribution >= 4 is 11.7 Å². The molecule has 3 rings (SSSR count). The minimum atomic E-state index is -0.905. The van der Waals surface area contributed by atoms with Crippen LogP contribution in [0.5, 0.6) is 5.75 Å². The first-order valence-corrected chi connectivity index (χ1v) is 8.83. The molecule has 10 heteroatoms. The Labute approximate surface area is 170 Å². The van der Waals surface area contributed by atoms with Gasteiger partial charge in [-0.15, -0.1) is 10.2 Å². The molecule has 2 atom stereocenters. The molecule has 0 N–H and O–H groups in total. The van der Waals surface area contributed by atoms with E-state index in [9.17, 15) is 14.9 Å². The summed E-state index contributed by atoms with van der Waals surface area (Å²) < 4.78 is 16.3. The van der Waals surface area contributed by atoms with Crippen LogP contribution in [-0.2, 0) is 9.53 Å². The molecule has 3 aromatic rings. The number of carbonyl (C=O) groups is 1. The Balaban J connectivity index is 1.61. The number of benzene rings is 2. The fourth-order valence-electron chi connectivity index (χ4n) is 2.42. The van der Waals surface area contributed by atoms with Gasteiger partial charge >= 0.3 is 5.97 Å². The van der Waals surface area contributed by atoms with Crippen LogP contribution in [0, 0.1) is 21.4 Å². The molecule has 30 heavy (non-hydrogen) atoms. The van der Waals surface area contributed by atoms with Crippen molar-refractivity contribution in [1.29, 1.82) is 5.26 Å². The number of aromatic nitrogens is 2. The number of ether oxygens (including phenoxy) is 2. The third-order valence-corrected chi connectivity index (χ3v) is 4.03. The van der Waals surface area contributed by atoms with E-state index in [1.54, 1.807) is 31.2 Å². The van der Waals surface area contributed by atoms with Crippen LogP contribution in [0.3, 0.4) is 0 Å². The number of non-ortho nitro benzene ring substituents is 1. The summed E-state index contributed by atoms with van der Waals surface area (Å²) in [5.41, 5.74) is 0.916. The number of nitro benzene ring substituents is 1. The summed E-state index contributed by atoms with van der Waals surface area (Å²) in [6.07, 6.45) is -1.73. The molecule has 2 aromatic carbocycles. The van der Waals surface area contributed by atoms with Gasteiger partial charge in [0.1, 0.15) is 5.75 Å². The molecular weight excluding hydrogens is 392 g/mol. The van der Waals surface area contributed by atoms with Gasteiger partial charge in [-0.1, -0.05) is 0 Å². The Kier molecular flexibility index (Phi) is 6.03. The van der Waals surface area contributed by atoms with Gasteiger partial charge in [-0.25, -0.2) is 4.79 Å². The Bertz CT molecular complexity index is 1090. The quantitative estimate of drug-likeness (QED) is 0.325. The number of hydrogen-bond acceptors (Lipinski definition) is 9. The Morgan fingerprint density at radius 1 is 1.13 bits per heavy atom. The lowest BCUT2D eigenvalue weighted by Crippen LogP contribution is -2.27. The van der Waals surface area contributed by atoms with E-state index in [1.807, 2.05) is 6.07 Å². The molecule has 0 unspecified atom stereocenters. The molecule has 0 aliphatic carbocycles. The first kappa shape index (κ1) is 20.5. The van der Waals surface area contributed by atoms with Gasteiger partial charge in [0.15, 0.2) is 12.2 Å². The van der Waals surface area contributed by atoms with Gasteiger partial charge in [0.25, 0.3) is 11.6 Å². The second-order valence-corrected chi connectivity index (χ2v) is 6.22. The third kappa shape index (κ3) is 4.77. The van der Waals surface area contributed by atoms with Crippen LogP contribution in [0.1, 0.15) is 31.4 Å². The summed E-state index contributed by atoms with van der Waals surface area (Å²) in [6.45, 7) is 3.10. The van der Waals surface area contributed by atoms with E-state index < -0.39 is 23.1 Å². The van der Waals surface area contributed by atoms with Gasteiger partial charge in [-0.05, 0) is 50.2 Å². The average molecular weight is 408 g/mol. The van der Waals surface area contributed by atoms with E-state index >= 15 is 0 Å². The molecule has 0 aliphatic heterocycles. The van der Waals surface area contributed by atoms with E-state index in [2.05, 4.69) is 10.2 Å². The number of hydrogen-bond donors (Lipinski definition) is 0. The summed E-state index contributed by atoms with van der Waals surface area (Å²) in [7, 11) is 0. The van der Waals surface area contributed by atoms with Gasteiger partial charge in [0.05, 0.1) is 16.6 Å². The maximum absolute atomic E-state index is 12.3. The van der Waals surface area contributed by atoms with Crippen molar-refractivity contribution in [3.05, 3.63) is 70.1 Å². The highest BCUT2D eigenvalue weighted by molar-refractivity contribution is 5.74. The monoisotopic (exact) mass is 408 g/mol. The smallest absolute Gasteiger partial charge is 0.347 e. The zero-order valence-corrected chi connectivity index (χ0v) is 16.0. The molecule has 1 heterocycles. The van der Waals surface area contributed by atoms with Crippen molar-refractivity contribution in [3.63, 3.8) is 0 Å². The second-order valence-electron chi connectivity index (χ2n) is 6.22. The number of esters is 1. The first-order chi connectivity index (χ1) is 14.4. The van der Waals surface area contributed by atoms with Crippen molar-refractivity contribution in [1.82, 2.24) is 10.2 Å². The standard InChI is InChI=1S/C20H16N4O6/c1-12(29-20(25)13(2)28-17-9-3-14(11-21)4-10-17)18-22-23-19(30-18)15-5-7-16(8-6-15)24(26)27/h3-10,12-13H,1-2H3/t12-,13-/m1/s1. The second kappa shape index (κ2) is 8.83. The van der Waals surface area contributed by atoms with Crippen molar-refractivity contribution in [2.45, 2.75) is 26.1 Å². The molecule has 152 valence electrons. The Hall–Kier alpha value is -4.26. The highest BCUT2D eigenvalue weighted by atomic mass is 16.6. The van der Waals surface area contributed by atoms with Gasteiger partial charge in [0, 0.05) is 17.7 Å². The lowest BCUT2D eigenvalue weighted by Gasteiger charge is -2.16. The molecule has 0 saturated carbocycles. The molecule has 0 fully saturated rings. The lowest BCUT2D eigenvalue weighted by molar-refractivity contribution is -0.384. The molecule has 0 saturated heterocycles. The number of nitro groups is 1. The molecular formula is C20H16N4O6. The highest BCUT2D eigenvalue weighted by Crippen LogP contribution is 2.24. The van der Waals surface area contributed by atoms with Gasteiger partial charge in [0.2, 0.25) is 5.89 Å². The SMILES string of the molecule is C[C@@H](Oc1ccc(C#N)cc1)C(=O)O[C@H](C)c1nnc(-c2ccc([N+](=O)[O-])cc2)o1. The van der Waals surface area contributed by atoms with Crippen molar-refractivity contribution in [2.75, 3.05) is 0 Å². The van der Waals surface area contributed by atoms with Crippen molar-refractivity contribution < 1.29 is 23.6 Å². The predicted molar refractivity (Wildman–Crippen MR) is 102 cm³/mol. The van der Waals surface area contributed by atoms with Crippen LogP contribution in [0.15, 0.2) is 52.9 Å². The van der Waals surface area contributed by atoms with Crippen molar-refractivity contribution in [2.24, 2.45) is 0 Å². The maximum Gasteiger partial charge on any atom is 0.347 e. The number of carbonyl (C=O) groups excluding carboxylic acids is 1. The molecule has 1 aromatic heterocycles. The van der Waals surface area contributed by atoms with Crippen molar-refractivity contribution in [3.8, 4) is 23.3 Å². The largest absolute Gasteiger partial charge is 0.479 e. The normalized spacial score (nSPS) is 12.4. The zero-order valence-electron chi connectivity index (χ0n) is 16.0. The summed E-state index contributed by atoms with van der Waals surface area (Å²) in [5, 5.41) is 27.3. The molecule has 0 amide bonds. The van der Waals surface area contributed by atoms with Crippen LogP contribution in [0.25, 0.3) is 11.5 Å². The Morgan fingerprint density at radius 3 is 2.40 bits per heavy atom. The van der Waals surface area contributed by atoms with Crippen LogP contribution < -0.4 is 4.74 Å². The van der Waals surface area contributed by atoms with Crippen LogP contribution in [0.4, 0.5) is 5.69 Å². The van der Waals surface area contributed by atoms with E-state index in [0.29, 0.717) is 16.9 Å². The summed E-state index contributed by atoms with van der Waals surface area (Å²) in [5.74, 6) is -0.00162. The molecule has 0 aliphatic rings. The summed E-state index contributed by atoms with van der Waals surface area (Å²) in [4.78, 5) is 22.5. The third-order valence-electron chi connectivity index (χ3n) is 4.03. The zero-order chi connectivity index (χ0) is 21.7. The predicted octanol–water partition coefficient (Wildman–Crippen LogP) is 3.59. The minimum absolute atomic E-state index is 0.0583. The van der Waals surface area contributed by atoms with Gasteiger partial charge in [-0.3, -0.25) is 10.1 Å². The Morgan fingerprint density at radius 2 is 1.80 bits per heavy atom. The number of rotatable bonds is 7. The highest BCUT2D eigenvalue weighted by Gasteiger charge is 2.24. The van der Waals surface area contributed by atoms with Crippen LogP contribution in [-0.4, -0.2) is 27.2 Å². The van der Waals surface area contributed by atoms with E-state index in [4.69, 9.17) is 19.2 Å². The summed E-state index contributed by atoms with van der Waals surface area (Å²) >= 11 is 0.